The molecule has 2 rings (SSSR count). The molecular formula is C14H21ClN2O. The first kappa shape index (κ1) is 15.0. The Morgan fingerprint density at radius 1 is 1.33 bits per heavy atom. The van der Waals surface area contributed by atoms with Crippen molar-refractivity contribution in [3.05, 3.63) is 35.9 Å². The minimum atomic E-state index is 0. The first-order chi connectivity index (χ1) is 8.34. The summed E-state index contributed by atoms with van der Waals surface area (Å²) >= 11 is 0. The monoisotopic (exact) mass is 268 g/mol. The van der Waals surface area contributed by atoms with Gasteiger partial charge in [-0.2, -0.15) is 0 Å². The van der Waals surface area contributed by atoms with Gasteiger partial charge in [-0.05, 0) is 31.4 Å². The van der Waals surface area contributed by atoms with Crippen LogP contribution in [0, 0.1) is 0 Å². The highest BCUT2D eigenvalue weighted by Crippen LogP contribution is 2.04. The van der Waals surface area contributed by atoms with Gasteiger partial charge in [-0.25, -0.2) is 0 Å². The van der Waals surface area contributed by atoms with Crippen molar-refractivity contribution < 1.29 is 4.79 Å². The summed E-state index contributed by atoms with van der Waals surface area (Å²) < 4.78 is 0. The summed E-state index contributed by atoms with van der Waals surface area (Å²) in [7, 11) is 0. The lowest BCUT2D eigenvalue weighted by Gasteiger charge is -2.23. The Labute approximate surface area is 115 Å². The van der Waals surface area contributed by atoms with E-state index in [0.717, 1.165) is 32.4 Å². The van der Waals surface area contributed by atoms with Crippen molar-refractivity contribution in [2.24, 2.45) is 0 Å². The molecule has 1 aromatic rings. The van der Waals surface area contributed by atoms with E-state index < -0.39 is 0 Å². The predicted octanol–water partition coefficient (Wildman–Crippen LogP) is 1.91. The molecule has 1 fully saturated rings. The first-order valence-electron chi connectivity index (χ1n) is 6.38. The lowest BCUT2D eigenvalue weighted by Crippen LogP contribution is -2.45. The van der Waals surface area contributed by atoms with E-state index in [2.05, 4.69) is 22.8 Å². The minimum absolute atomic E-state index is 0. The van der Waals surface area contributed by atoms with Crippen LogP contribution < -0.4 is 10.6 Å². The van der Waals surface area contributed by atoms with Crippen LogP contribution in [0.1, 0.15) is 24.8 Å². The second-order valence-corrected chi connectivity index (χ2v) is 4.60. The Kier molecular flexibility index (Phi) is 6.76. The van der Waals surface area contributed by atoms with Crippen molar-refractivity contribution in [2.75, 3.05) is 13.1 Å². The van der Waals surface area contributed by atoms with Crippen molar-refractivity contribution in [2.45, 2.75) is 31.7 Å². The molecule has 0 radical (unpaired) electrons. The summed E-state index contributed by atoms with van der Waals surface area (Å²) in [5.74, 6) is 0.169. The van der Waals surface area contributed by atoms with Gasteiger partial charge < -0.3 is 10.6 Å². The normalized spacial score (nSPS) is 18.8. The number of carbonyl (C=O) groups is 1. The summed E-state index contributed by atoms with van der Waals surface area (Å²) in [4.78, 5) is 11.7. The van der Waals surface area contributed by atoms with E-state index >= 15 is 0 Å². The van der Waals surface area contributed by atoms with Crippen LogP contribution in [-0.2, 0) is 11.2 Å². The number of halogens is 1. The Morgan fingerprint density at radius 3 is 2.78 bits per heavy atom. The third kappa shape index (κ3) is 5.07. The third-order valence-corrected chi connectivity index (χ3v) is 3.15. The summed E-state index contributed by atoms with van der Waals surface area (Å²) in [5.41, 5.74) is 1.23. The molecule has 0 unspecified atom stereocenters. The van der Waals surface area contributed by atoms with Gasteiger partial charge in [0.15, 0.2) is 0 Å². The summed E-state index contributed by atoms with van der Waals surface area (Å²) in [5, 5.41) is 6.39. The molecule has 1 aromatic carbocycles. The Morgan fingerprint density at radius 2 is 2.11 bits per heavy atom. The zero-order valence-corrected chi connectivity index (χ0v) is 11.3. The minimum Gasteiger partial charge on any atom is -0.352 e. The zero-order valence-electron chi connectivity index (χ0n) is 10.5. The second-order valence-electron chi connectivity index (χ2n) is 4.60. The highest BCUT2D eigenvalue weighted by molar-refractivity contribution is 5.85. The maximum Gasteiger partial charge on any atom is 0.220 e. The van der Waals surface area contributed by atoms with Crippen LogP contribution in [0.2, 0.25) is 0 Å². The van der Waals surface area contributed by atoms with E-state index in [4.69, 9.17) is 0 Å². The number of piperidine rings is 1. The lowest BCUT2D eigenvalue weighted by atomic mass is 10.1. The average Bonchev–Trinajstić information content (AvgIpc) is 2.39. The molecule has 1 atom stereocenters. The third-order valence-electron chi connectivity index (χ3n) is 3.15. The number of rotatable bonds is 4. The molecule has 100 valence electrons. The Balaban J connectivity index is 0.00000162. The fourth-order valence-corrected chi connectivity index (χ4v) is 2.18. The maximum atomic E-state index is 11.7. The smallest absolute Gasteiger partial charge is 0.220 e. The Hall–Kier alpha value is -1.06. The highest BCUT2D eigenvalue weighted by Gasteiger charge is 2.14. The number of hydrogen-bond donors (Lipinski definition) is 2. The van der Waals surface area contributed by atoms with Crippen molar-refractivity contribution in [1.29, 1.82) is 0 Å². The summed E-state index contributed by atoms with van der Waals surface area (Å²) in [6.45, 7) is 1.99. The van der Waals surface area contributed by atoms with Crippen LogP contribution in [0.25, 0.3) is 0 Å². The molecule has 1 heterocycles. The van der Waals surface area contributed by atoms with Crippen molar-refractivity contribution in [3.8, 4) is 0 Å². The van der Waals surface area contributed by atoms with Gasteiger partial charge in [0.1, 0.15) is 0 Å². The van der Waals surface area contributed by atoms with Crippen molar-refractivity contribution >= 4 is 18.3 Å². The highest BCUT2D eigenvalue weighted by atomic mass is 35.5. The molecular weight excluding hydrogens is 248 g/mol. The number of benzene rings is 1. The van der Waals surface area contributed by atoms with Crippen LogP contribution in [-0.4, -0.2) is 25.0 Å². The van der Waals surface area contributed by atoms with Crippen molar-refractivity contribution in [1.82, 2.24) is 10.6 Å². The largest absolute Gasteiger partial charge is 0.352 e. The Bertz CT molecular complexity index is 350. The quantitative estimate of drug-likeness (QED) is 0.876. The van der Waals surface area contributed by atoms with Crippen LogP contribution in [0.4, 0.5) is 0 Å². The van der Waals surface area contributed by atoms with Gasteiger partial charge in [0.2, 0.25) is 5.91 Å². The molecule has 0 aliphatic carbocycles. The zero-order chi connectivity index (χ0) is 11.9. The summed E-state index contributed by atoms with van der Waals surface area (Å²) in [6.07, 6.45) is 3.67. The number of carbonyl (C=O) groups excluding carboxylic acids is 1. The molecule has 1 aliphatic heterocycles. The fraction of sp³-hybridized carbons (Fsp3) is 0.500. The van der Waals surface area contributed by atoms with Gasteiger partial charge in [-0.3, -0.25) is 4.79 Å². The van der Waals surface area contributed by atoms with Gasteiger partial charge in [0.25, 0.3) is 0 Å². The number of hydrogen-bond acceptors (Lipinski definition) is 2. The van der Waals surface area contributed by atoms with Crippen LogP contribution in [0.15, 0.2) is 30.3 Å². The number of amides is 1. The van der Waals surface area contributed by atoms with Gasteiger partial charge >= 0.3 is 0 Å². The molecule has 1 amide bonds. The predicted molar refractivity (Wildman–Crippen MR) is 76.0 cm³/mol. The number of nitrogens with one attached hydrogen (secondary N) is 2. The van der Waals surface area contributed by atoms with Gasteiger partial charge in [0, 0.05) is 19.0 Å². The second kappa shape index (κ2) is 8.11. The molecule has 1 aliphatic rings. The topological polar surface area (TPSA) is 41.1 Å². The molecule has 1 saturated heterocycles. The van der Waals surface area contributed by atoms with Crippen LogP contribution >= 0.6 is 12.4 Å². The van der Waals surface area contributed by atoms with E-state index in [1.807, 2.05) is 18.2 Å². The molecule has 2 N–H and O–H groups in total. The molecule has 0 bridgehead atoms. The average molecular weight is 269 g/mol. The molecule has 0 saturated carbocycles. The van der Waals surface area contributed by atoms with Crippen LogP contribution in [0.5, 0.6) is 0 Å². The molecule has 0 spiro atoms. The van der Waals surface area contributed by atoms with E-state index in [0.29, 0.717) is 12.5 Å². The van der Waals surface area contributed by atoms with E-state index in [1.165, 1.54) is 5.56 Å². The standard InChI is InChI=1S/C14H20N2O.ClH/c17-14(16-13-7-4-10-15-11-13)9-8-12-5-2-1-3-6-12;/h1-3,5-6,13,15H,4,7-11H2,(H,16,17);1H/t13-;/m0./s1. The van der Waals surface area contributed by atoms with Crippen LogP contribution in [0.3, 0.4) is 0 Å². The van der Waals surface area contributed by atoms with E-state index in [-0.39, 0.29) is 18.3 Å². The van der Waals surface area contributed by atoms with E-state index in [9.17, 15) is 4.79 Å². The van der Waals surface area contributed by atoms with Crippen molar-refractivity contribution in [3.63, 3.8) is 0 Å². The SMILES string of the molecule is Cl.O=C(CCc1ccccc1)N[C@H]1CCCNC1. The molecule has 4 heteroatoms. The van der Waals surface area contributed by atoms with E-state index in [1.54, 1.807) is 0 Å². The first-order valence-corrected chi connectivity index (χ1v) is 6.38. The summed E-state index contributed by atoms with van der Waals surface area (Å²) in [6, 6.07) is 10.5. The fourth-order valence-electron chi connectivity index (χ4n) is 2.18. The lowest BCUT2D eigenvalue weighted by molar-refractivity contribution is -0.121. The van der Waals surface area contributed by atoms with Gasteiger partial charge in [-0.15, -0.1) is 12.4 Å². The molecule has 3 nitrogen and oxygen atoms in total. The number of aryl methyl sites for hydroxylation is 1. The molecule has 18 heavy (non-hydrogen) atoms. The molecule has 0 aromatic heterocycles. The van der Waals surface area contributed by atoms with Gasteiger partial charge in [0.05, 0.1) is 0 Å². The maximum absolute atomic E-state index is 11.7. The van der Waals surface area contributed by atoms with Gasteiger partial charge in [-0.1, -0.05) is 30.3 Å².